The highest BCUT2D eigenvalue weighted by molar-refractivity contribution is 6.35. The molecule has 2 heterocycles. The van der Waals surface area contributed by atoms with Crippen molar-refractivity contribution in [2.75, 3.05) is 26.2 Å². The number of pyridine rings is 1. The monoisotopic (exact) mass is 700 g/mol. The number of ether oxygens (including phenoxy) is 3. The summed E-state index contributed by atoms with van der Waals surface area (Å²) >= 11 is 13.4. The average molecular weight is 702 g/mol. The van der Waals surface area contributed by atoms with Crippen molar-refractivity contribution in [1.29, 1.82) is 5.26 Å². The lowest BCUT2D eigenvalue weighted by atomic mass is 9.96. The lowest BCUT2D eigenvalue weighted by molar-refractivity contribution is -0.119. The number of nitrogens with one attached hydrogen (secondary N) is 1. The molecule has 0 spiro atoms. The summed E-state index contributed by atoms with van der Waals surface area (Å²) in [5.74, 6) is 1.33. The number of aromatic nitrogens is 1. The van der Waals surface area contributed by atoms with Crippen LogP contribution in [0.1, 0.15) is 58.8 Å². The van der Waals surface area contributed by atoms with Gasteiger partial charge in [0, 0.05) is 62.2 Å². The van der Waals surface area contributed by atoms with Crippen LogP contribution in [0.25, 0.3) is 11.1 Å². The number of likely N-dealkylation sites (tertiary alicyclic amines) is 1. The van der Waals surface area contributed by atoms with Gasteiger partial charge < -0.3 is 24.4 Å². The van der Waals surface area contributed by atoms with Gasteiger partial charge in [-0.1, -0.05) is 53.5 Å². The molecule has 0 radical (unpaired) electrons. The number of rotatable bonds is 14. The second-order valence-electron chi connectivity index (χ2n) is 11.9. The van der Waals surface area contributed by atoms with Crippen LogP contribution in [-0.2, 0) is 18.0 Å². The van der Waals surface area contributed by atoms with E-state index in [1.807, 2.05) is 43.3 Å². The SMILES string of the molecule is CC(=O)NC1CCN(CCCOc2cccc(-c3cccc(COc4cc(OCc5cncc(C#N)c5)c(C=O)cc4Cl)c3C)c2Cl)CC1. The van der Waals surface area contributed by atoms with Crippen molar-refractivity contribution in [1.82, 2.24) is 15.2 Å². The lowest BCUT2D eigenvalue weighted by Crippen LogP contribution is -2.44. The molecule has 1 saturated heterocycles. The second kappa shape index (κ2) is 17.2. The van der Waals surface area contributed by atoms with Crippen LogP contribution in [0.2, 0.25) is 10.0 Å². The topological polar surface area (TPSA) is 114 Å². The van der Waals surface area contributed by atoms with Gasteiger partial charge in [-0.25, -0.2) is 0 Å². The minimum absolute atomic E-state index is 0.0319. The van der Waals surface area contributed by atoms with E-state index in [0.717, 1.165) is 61.2 Å². The molecule has 11 heteroatoms. The fraction of sp³-hybridized carbons (Fsp3) is 0.316. The van der Waals surface area contributed by atoms with Crippen molar-refractivity contribution in [3.05, 3.63) is 105 Å². The molecule has 0 aliphatic carbocycles. The smallest absolute Gasteiger partial charge is 0.217 e. The summed E-state index contributed by atoms with van der Waals surface area (Å²) < 4.78 is 18.2. The Labute approximate surface area is 296 Å². The quantitative estimate of drug-likeness (QED) is 0.106. The number of hydrogen-bond donors (Lipinski definition) is 1. The van der Waals surface area contributed by atoms with Crippen molar-refractivity contribution in [2.24, 2.45) is 0 Å². The van der Waals surface area contributed by atoms with Crippen molar-refractivity contribution in [3.8, 4) is 34.4 Å². The minimum atomic E-state index is 0.0319. The Morgan fingerprint density at radius 2 is 1.76 bits per heavy atom. The van der Waals surface area contributed by atoms with Crippen molar-refractivity contribution in [3.63, 3.8) is 0 Å². The number of piperidine rings is 1. The molecule has 49 heavy (non-hydrogen) atoms. The Balaban J connectivity index is 1.21. The summed E-state index contributed by atoms with van der Waals surface area (Å²) in [6, 6.07) is 18.8. The summed E-state index contributed by atoms with van der Waals surface area (Å²) in [5.41, 5.74) is 5.12. The van der Waals surface area contributed by atoms with Crippen LogP contribution in [0.15, 0.2) is 67.0 Å². The Hall–Kier alpha value is -4.62. The third kappa shape index (κ3) is 9.51. The van der Waals surface area contributed by atoms with E-state index in [2.05, 4.69) is 21.3 Å². The predicted molar refractivity (Wildman–Crippen MR) is 189 cm³/mol. The van der Waals surface area contributed by atoms with Crippen molar-refractivity contribution < 1.29 is 23.8 Å². The molecule has 0 saturated carbocycles. The first-order valence-corrected chi connectivity index (χ1v) is 16.9. The molecule has 0 bridgehead atoms. The number of amides is 1. The van der Waals surface area contributed by atoms with Crippen molar-refractivity contribution in [2.45, 2.75) is 52.4 Å². The number of carbonyl (C=O) groups excluding carboxylic acids is 2. The van der Waals surface area contributed by atoms with E-state index in [-0.39, 0.29) is 35.7 Å². The van der Waals surface area contributed by atoms with Gasteiger partial charge in [0.2, 0.25) is 5.91 Å². The van der Waals surface area contributed by atoms with Gasteiger partial charge in [-0.05, 0) is 61.1 Å². The molecule has 1 N–H and O–H groups in total. The highest BCUT2D eigenvalue weighted by Gasteiger charge is 2.20. The van der Waals surface area contributed by atoms with Crippen LogP contribution < -0.4 is 19.5 Å². The molecule has 0 unspecified atom stereocenters. The summed E-state index contributed by atoms with van der Waals surface area (Å²) in [4.78, 5) is 29.5. The fourth-order valence-corrected chi connectivity index (χ4v) is 6.35. The molecule has 1 aliphatic rings. The summed E-state index contributed by atoms with van der Waals surface area (Å²) in [5, 5.41) is 13.0. The van der Waals surface area contributed by atoms with Gasteiger partial charge in [-0.2, -0.15) is 5.26 Å². The Morgan fingerprint density at radius 3 is 2.51 bits per heavy atom. The molecule has 1 aromatic heterocycles. The Kier molecular flexibility index (Phi) is 12.5. The maximum Gasteiger partial charge on any atom is 0.217 e. The number of halogens is 2. The van der Waals surface area contributed by atoms with E-state index < -0.39 is 0 Å². The third-order valence-electron chi connectivity index (χ3n) is 8.46. The zero-order valence-corrected chi connectivity index (χ0v) is 29.0. The summed E-state index contributed by atoms with van der Waals surface area (Å²) in [6.45, 7) is 7.29. The highest BCUT2D eigenvalue weighted by atomic mass is 35.5. The van der Waals surface area contributed by atoms with Gasteiger partial charge in [0.25, 0.3) is 0 Å². The van der Waals surface area contributed by atoms with E-state index in [1.54, 1.807) is 25.3 Å². The number of carbonyl (C=O) groups is 2. The van der Waals surface area contributed by atoms with E-state index in [9.17, 15) is 9.59 Å². The van der Waals surface area contributed by atoms with Crippen LogP contribution in [0.3, 0.4) is 0 Å². The molecule has 4 aromatic rings. The summed E-state index contributed by atoms with van der Waals surface area (Å²) in [6.07, 6.45) is 6.53. The zero-order valence-electron chi connectivity index (χ0n) is 27.5. The number of benzene rings is 3. The zero-order chi connectivity index (χ0) is 34.8. The average Bonchev–Trinajstić information content (AvgIpc) is 3.10. The van der Waals surface area contributed by atoms with Crippen LogP contribution in [-0.4, -0.2) is 54.4 Å². The van der Waals surface area contributed by atoms with Gasteiger partial charge in [0.1, 0.15) is 36.5 Å². The third-order valence-corrected chi connectivity index (χ3v) is 9.15. The van der Waals surface area contributed by atoms with E-state index >= 15 is 0 Å². The molecule has 1 amide bonds. The van der Waals surface area contributed by atoms with E-state index in [0.29, 0.717) is 46.3 Å². The molecule has 1 aliphatic heterocycles. The fourth-order valence-electron chi connectivity index (χ4n) is 5.84. The number of nitrogens with zero attached hydrogens (tertiary/aromatic N) is 3. The molecular formula is C38H38Cl2N4O5. The molecule has 254 valence electrons. The van der Waals surface area contributed by atoms with Gasteiger partial charge in [-0.3, -0.25) is 14.6 Å². The normalized spacial score (nSPS) is 13.4. The molecular weight excluding hydrogens is 663 g/mol. The first kappa shape index (κ1) is 35.7. The van der Waals surface area contributed by atoms with Crippen LogP contribution in [0, 0.1) is 18.3 Å². The standard InChI is InChI=1S/C38H38Cl2N4O5/c1-25-29(24-49-37-18-36(30(22-45)17-34(37)39)48-23-28-16-27(19-41)20-42-21-28)6-3-7-32(25)33-8-4-9-35(38(33)40)47-15-5-12-44-13-10-31(11-14-44)43-26(2)46/h3-4,6-9,16-18,20-22,31H,5,10-15,23-24H2,1-2H3,(H,43,46). The predicted octanol–water partition coefficient (Wildman–Crippen LogP) is 7.58. The van der Waals surface area contributed by atoms with Crippen molar-refractivity contribution >= 4 is 35.4 Å². The van der Waals surface area contributed by atoms with Gasteiger partial charge >= 0.3 is 0 Å². The number of hydrogen-bond acceptors (Lipinski definition) is 8. The lowest BCUT2D eigenvalue weighted by Gasteiger charge is -2.32. The maximum atomic E-state index is 11.8. The minimum Gasteiger partial charge on any atom is -0.492 e. The van der Waals surface area contributed by atoms with Crippen LogP contribution in [0.5, 0.6) is 17.2 Å². The molecule has 0 atom stereocenters. The van der Waals surface area contributed by atoms with Crippen LogP contribution in [0.4, 0.5) is 0 Å². The van der Waals surface area contributed by atoms with Crippen LogP contribution >= 0.6 is 23.2 Å². The van der Waals surface area contributed by atoms with Gasteiger partial charge in [0.05, 0.1) is 27.8 Å². The first-order valence-electron chi connectivity index (χ1n) is 16.1. The maximum absolute atomic E-state index is 11.8. The van der Waals surface area contributed by atoms with Gasteiger partial charge in [-0.15, -0.1) is 0 Å². The molecule has 5 rings (SSSR count). The number of aldehydes is 1. The Bertz CT molecular complexity index is 1840. The van der Waals surface area contributed by atoms with Gasteiger partial charge in [0.15, 0.2) is 6.29 Å². The highest BCUT2D eigenvalue weighted by Crippen LogP contribution is 2.38. The largest absolute Gasteiger partial charge is 0.492 e. The molecule has 3 aromatic carbocycles. The van der Waals surface area contributed by atoms with E-state index in [4.69, 9.17) is 42.7 Å². The van der Waals surface area contributed by atoms with E-state index in [1.165, 1.54) is 12.3 Å². The summed E-state index contributed by atoms with van der Waals surface area (Å²) in [7, 11) is 0. The molecule has 1 fully saturated rings. The Morgan fingerprint density at radius 1 is 1.00 bits per heavy atom. The second-order valence-corrected chi connectivity index (χ2v) is 12.7. The first-order chi connectivity index (χ1) is 23.7. The molecule has 9 nitrogen and oxygen atoms in total. The number of nitriles is 1.